The topological polar surface area (TPSA) is 58.2 Å². The number of thioether (sulfide) groups is 1. The Balaban J connectivity index is 2.14. The molecule has 2 aromatic rings. The zero-order valence-corrected chi connectivity index (χ0v) is 16.2. The van der Waals surface area contributed by atoms with Crippen molar-refractivity contribution in [1.82, 2.24) is 0 Å². The summed E-state index contributed by atoms with van der Waals surface area (Å²) < 4.78 is 0. The van der Waals surface area contributed by atoms with Crippen molar-refractivity contribution in [3.8, 4) is 0 Å². The van der Waals surface area contributed by atoms with E-state index in [0.29, 0.717) is 9.88 Å². The lowest BCUT2D eigenvalue weighted by atomic mass is 9.96. The molecule has 2 rings (SSSR count). The Bertz CT molecular complexity index is 761. The second-order valence-electron chi connectivity index (χ2n) is 6.51. The van der Waals surface area contributed by atoms with Crippen LogP contribution in [-0.2, 0) is 4.79 Å². The van der Waals surface area contributed by atoms with Crippen LogP contribution in [0.5, 0.6) is 0 Å². The minimum Gasteiger partial charge on any atom is -0.321 e. The van der Waals surface area contributed by atoms with Gasteiger partial charge in [-0.25, -0.2) is 0 Å². The first-order valence-corrected chi connectivity index (χ1v) is 9.62. The third-order valence-electron chi connectivity index (χ3n) is 3.37. The van der Waals surface area contributed by atoms with Gasteiger partial charge < -0.3 is 10.6 Å². The normalized spacial score (nSPS) is 11.2. The first-order valence-electron chi connectivity index (χ1n) is 7.58. The number of benzene rings is 1. The van der Waals surface area contributed by atoms with E-state index >= 15 is 0 Å². The summed E-state index contributed by atoms with van der Waals surface area (Å²) in [6, 6.07) is 9.55. The van der Waals surface area contributed by atoms with Crippen molar-refractivity contribution in [1.29, 1.82) is 0 Å². The Morgan fingerprint density at radius 1 is 1.12 bits per heavy atom. The maximum Gasteiger partial charge on any atom is 0.266 e. The molecule has 1 aromatic heterocycles. The van der Waals surface area contributed by atoms with Gasteiger partial charge in [0, 0.05) is 16.0 Å². The van der Waals surface area contributed by atoms with Gasteiger partial charge in [-0.05, 0) is 43.0 Å². The third kappa shape index (κ3) is 4.61. The maximum absolute atomic E-state index is 12.5. The van der Waals surface area contributed by atoms with Crippen LogP contribution in [0.15, 0.2) is 35.2 Å². The predicted molar refractivity (Wildman–Crippen MR) is 103 cm³/mol. The van der Waals surface area contributed by atoms with E-state index in [1.54, 1.807) is 11.8 Å². The van der Waals surface area contributed by atoms with Crippen molar-refractivity contribution in [2.24, 2.45) is 5.41 Å². The molecule has 0 aliphatic carbocycles. The summed E-state index contributed by atoms with van der Waals surface area (Å²) in [6.45, 7) is 7.44. The standard InChI is InChI=1S/C18H22N2O2S2/c1-11-9-14(20-17(22)18(2,3)4)24-15(11)16(21)19-12-7-6-8-13(10-12)23-5/h6-10H,1-5H3,(H,19,21)(H,20,22). The highest BCUT2D eigenvalue weighted by Gasteiger charge is 2.23. The van der Waals surface area contributed by atoms with E-state index in [-0.39, 0.29) is 11.8 Å². The van der Waals surface area contributed by atoms with Crippen LogP contribution in [0.2, 0.25) is 0 Å². The number of hydrogen-bond acceptors (Lipinski definition) is 4. The Morgan fingerprint density at radius 2 is 1.83 bits per heavy atom. The van der Waals surface area contributed by atoms with Crippen LogP contribution in [0, 0.1) is 12.3 Å². The van der Waals surface area contributed by atoms with Crippen LogP contribution >= 0.6 is 23.1 Å². The van der Waals surface area contributed by atoms with Gasteiger partial charge in [-0.2, -0.15) is 0 Å². The van der Waals surface area contributed by atoms with Crippen molar-refractivity contribution in [2.75, 3.05) is 16.9 Å². The molecule has 0 saturated heterocycles. The van der Waals surface area contributed by atoms with Crippen molar-refractivity contribution in [2.45, 2.75) is 32.6 Å². The largest absolute Gasteiger partial charge is 0.321 e. The van der Waals surface area contributed by atoms with Gasteiger partial charge in [-0.1, -0.05) is 26.8 Å². The van der Waals surface area contributed by atoms with Crippen molar-refractivity contribution in [3.63, 3.8) is 0 Å². The van der Waals surface area contributed by atoms with Gasteiger partial charge in [0.25, 0.3) is 5.91 Å². The fourth-order valence-corrected chi connectivity index (χ4v) is 3.38. The van der Waals surface area contributed by atoms with Gasteiger partial charge in [0.2, 0.25) is 5.91 Å². The molecule has 0 radical (unpaired) electrons. The summed E-state index contributed by atoms with van der Waals surface area (Å²) in [4.78, 5) is 26.3. The van der Waals surface area contributed by atoms with E-state index < -0.39 is 5.41 Å². The number of rotatable bonds is 4. The van der Waals surface area contributed by atoms with Crippen LogP contribution in [0.1, 0.15) is 36.0 Å². The first-order chi connectivity index (χ1) is 11.2. The molecule has 4 nitrogen and oxygen atoms in total. The van der Waals surface area contributed by atoms with Crippen LogP contribution in [0.4, 0.5) is 10.7 Å². The van der Waals surface area contributed by atoms with E-state index in [2.05, 4.69) is 10.6 Å². The second kappa shape index (κ2) is 7.40. The maximum atomic E-state index is 12.5. The molecule has 2 N–H and O–H groups in total. The molecule has 0 saturated carbocycles. The van der Waals surface area contributed by atoms with Crippen molar-refractivity contribution >= 4 is 45.6 Å². The number of anilines is 2. The van der Waals surface area contributed by atoms with Crippen molar-refractivity contribution in [3.05, 3.63) is 40.8 Å². The molecule has 1 aromatic carbocycles. The molecule has 0 spiro atoms. The third-order valence-corrected chi connectivity index (χ3v) is 5.25. The SMILES string of the molecule is CSc1cccc(NC(=O)c2sc(NC(=O)C(C)(C)C)cc2C)c1. The fraction of sp³-hybridized carbons (Fsp3) is 0.333. The second-order valence-corrected chi connectivity index (χ2v) is 8.44. The highest BCUT2D eigenvalue weighted by atomic mass is 32.2. The van der Waals surface area contributed by atoms with E-state index in [0.717, 1.165) is 16.1 Å². The van der Waals surface area contributed by atoms with Crippen LogP contribution in [0.25, 0.3) is 0 Å². The molecular weight excluding hydrogens is 340 g/mol. The number of hydrogen-bond donors (Lipinski definition) is 2. The van der Waals surface area contributed by atoms with Crippen LogP contribution in [-0.4, -0.2) is 18.1 Å². The number of carbonyl (C=O) groups excluding carboxylic acids is 2. The van der Waals surface area contributed by atoms with Gasteiger partial charge >= 0.3 is 0 Å². The van der Waals surface area contributed by atoms with Gasteiger partial charge in [-0.15, -0.1) is 23.1 Å². The molecule has 0 aliphatic rings. The van der Waals surface area contributed by atoms with E-state index in [1.165, 1.54) is 11.3 Å². The molecular formula is C18H22N2O2S2. The zero-order valence-electron chi connectivity index (χ0n) is 14.5. The highest BCUT2D eigenvalue weighted by Crippen LogP contribution is 2.29. The number of aryl methyl sites for hydroxylation is 1. The fourth-order valence-electron chi connectivity index (χ4n) is 1.96. The van der Waals surface area contributed by atoms with Gasteiger partial charge in [0.05, 0.1) is 9.88 Å². The summed E-state index contributed by atoms with van der Waals surface area (Å²) in [6.07, 6.45) is 1.99. The average molecular weight is 363 g/mol. The molecule has 0 bridgehead atoms. The summed E-state index contributed by atoms with van der Waals surface area (Å²) in [5.41, 5.74) is 1.14. The number of carbonyl (C=O) groups is 2. The average Bonchev–Trinajstić information content (AvgIpc) is 2.87. The summed E-state index contributed by atoms with van der Waals surface area (Å²) in [5.74, 6) is -0.226. The van der Waals surface area contributed by atoms with Crippen LogP contribution in [0.3, 0.4) is 0 Å². The molecule has 1 heterocycles. The minimum atomic E-state index is -0.474. The highest BCUT2D eigenvalue weighted by molar-refractivity contribution is 7.98. The van der Waals surface area contributed by atoms with Crippen LogP contribution < -0.4 is 10.6 Å². The Hall–Kier alpha value is -1.79. The number of amides is 2. The molecule has 0 fully saturated rings. The quantitative estimate of drug-likeness (QED) is 0.751. The summed E-state index contributed by atoms with van der Waals surface area (Å²) in [7, 11) is 0. The zero-order chi connectivity index (χ0) is 17.9. The van der Waals surface area contributed by atoms with Gasteiger partial charge in [0.1, 0.15) is 0 Å². The monoisotopic (exact) mass is 362 g/mol. The molecule has 0 aliphatic heterocycles. The van der Waals surface area contributed by atoms with Crippen molar-refractivity contribution < 1.29 is 9.59 Å². The van der Waals surface area contributed by atoms with Gasteiger partial charge in [-0.3, -0.25) is 9.59 Å². The number of nitrogens with one attached hydrogen (secondary N) is 2. The summed E-state index contributed by atoms with van der Waals surface area (Å²) >= 11 is 2.92. The molecule has 2 amide bonds. The van der Waals surface area contributed by atoms with E-state index in [9.17, 15) is 9.59 Å². The molecule has 24 heavy (non-hydrogen) atoms. The molecule has 128 valence electrons. The molecule has 0 atom stereocenters. The molecule has 6 heteroatoms. The van der Waals surface area contributed by atoms with E-state index in [1.807, 2.05) is 64.3 Å². The lowest BCUT2D eigenvalue weighted by Gasteiger charge is -2.16. The lowest BCUT2D eigenvalue weighted by Crippen LogP contribution is -2.27. The lowest BCUT2D eigenvalue weighted by molar-refractivity contribution is -0.123. The Morgan fingerprint density at radius 3 is 2.46 bits per heavy atom. The summed E-state index contributed by atoms with van der Waals surface area (Å²) in [5, 5.41) is 6.48. The number of thiophene rings is 1. The predicted octanol–water partition coefficient (Wildman–Crippen LogP) is 5.02. The van der Waals surface area contributed by atoms with Gasteiger partial charge in [0.15, 0.2) is 0 Å². The smallest absolute Gasteiger partial charge is 0.266 e. The van der Waals surface area contributed by atoms with E-state index in [4.69, 9.17) is 0 Å². The minimum absolute atomic E-state index is 0.0663. The Kier molecular flexibility index (Phi) is 5.72. The Labute approximate surface area is 151 Å². The first kappa shape index (κ1) is 18.5. The molecule has 0 unspecified atom stereocenters.